The van der Waals surface area contributed by atoms with Gasteiger partial charge >= 0.3 is 0 Å². The van der Waals surface area contributed by atoms with Gasteiger partial charge in [-0.3, -0.25) is 4.99 Å². The second kappa shape index (κ2) is 11.6. The minimum Gasteiger partial charge on any atom is -0.256 e. The fourth-order valence-corrected chi connectivity index (χ4v) is 3.00. The first kappa shape index (κ1) is 19.4. The molecule has 0 saturated carbocycles. The molecule has 0 heterocycles. The van der Waals surface area contributed by atoms with E-state index in [9.17, 15) is 0 Å². The number of benzene rings is 2. The van der Waals surface area contributed by atoms with Gasteiger partial charge in [0, 0.05) is 6.21 Å². The van der Waals surface area contributed by atoms with E-state index in [1.165, 1.54) is 74.5 Å². The Hall–Kier alpha value is -1.89. The van der Waals surface area contributed by atoms with Crippen molar-refractivity contribution in [2.45, 2.75) is 71.6 Å². The van der Waals surface area contributed by atoms with Gasteiger partial charge in [-0.1, -0.05) is 82.3 Å². The van der Waals surface area contributed by atoms with Gasteiger partial charge in [-0.15, -0.1) is 0 Å². The van der Waals surface area contributed by atoms with Crippen LogP contribution in [0.25, 0.3) is 0 Å². The number of aliphatic imine (C=N–C) groups is 1. The van der Waals surface area contributed by atoms with Crippen molar-refractivity contribution in [3.05, 3.63) is 65.2 Å². The van der Waals surface area contributed by atoms with Gasteiger partial charge < -0.3 is 0 Å². The van der Waals surface area contributed by atoms with Crippen molar-refractivity contribution >= 4 is 11.9 Å². The molecular formula is C24H33N. The van der Waals surface area contributed by atoms with E-state index in [4.69, 9.17) is 0 Å². The lowest BCUT2D eigenvalue weighted by Gasteiger charge is -2.02. The molecule has 0 unspecified atom stereocenters. The summed E-state index contributed by atoms with van der Waals surface area (Å²) in [5, 5.41) is 0. The summed E-state index contributed by atoms with van der Waals surface area (Å²) in [5.41, 5.74) is 5.05. The number of hydrogen-bond donors (Lipinski definition) is 0. The number of hydrogen-bond acceptors (Lipinski definition) is 1. The molecule has 2 aromatic rings. The molecule has 0 fully saturated rings. The van der Waals surface area contributed by atoms with Gasteiger partial charge in [0.05, 0.1) is 5.69 Å². The molecule has 0 aliphatic rings. The first-order chi connectivity index (χ1) is 12.3. The van der Waals surface area contributed by atoms with E-state index in [0.717, 1.165) is 5.69 Å². The Morgan fingerprint density at radius 3 is 1.76 bits per heavy atom. The van der Waals surface area contributed by atoms with Gasteiger partial charge in [0.15, 0.2) is 0 Å². The van der Waals surface area contributed by atoms with Crippen LogP contribution in [0.2, 0.25) is 0 Å². The van der Waals surface area contributed by atoms with Gasteiger partial charge in [0.2, 0.25) is 0 Å². The van der Waals surface area contributed by atoms with Crippen LogP contribution in [-0.2, 0) is 12.8 Å². The minimum absolute atomic E-state index is 1.03. The zero-order valence-electron chi connectivity index (χ0n) is 16.0. The molecule has 0 aromatic heterocycles. The van der Waals surface area contributed by atoms with E-state index < -0.39 is 0 Å². The predicted molar refractivity (Wildman–Crippen MR) is 111 cm³/mol. The summed E-state index contributed by atoms with van der Waals surface area (Å²) in [6.07, 6.45) is 13.5. The van der Waals surface area contributed by atoms with Crippen molar-refractivity contribution in [1.82, 2.24) is 0 Å². The quantitative estimate of drug-likeness (QED) is 0.302. The van der Waals surface area contributed by atoms with Gasteiger partial charge in [0.25, 0.3) is 0 Å². The highest BCUT2D eigenvalue weighted by Crippen LogP contribution is 2.16. The van der Waals surface area contributed by atoms with Gasteiger partial charge in [-0.2, -0.15) is 0 Å². The lowest BCUT2D eigenvalue weighted by atomic mass is 10.1. The van der Waals surface area contributed by atoms with Crippen LogP contribution in [0, 0.1) is 0 Å². The van der Waals surface area contributed by atoms with Crippen LogP contribution in [0.3, 0.4) is 0 Å². The fraction of sp³-hybridized carbons (Fsp3) is 0.458. The van der Waals surface area contributed by atoms with Crippen molar-refractivity contribution in [2.24, 2.45) is 4.99 Å². The maximum Gasteiger partial charge on any atom is 0.0630 e. The molecule has 0 aliphatic carbocycles. The summed E-state index contributed by atoms with van der Waals surface area (Å²) in [6.45, 7) is 4.51. The minimum atomic E-state index is 1.03. The van der Waals surface area contributed by atoms with Crippen LogP contribution < -0.4 is 0 Å². The van der Waals surface area contributed by atoms with Crippen molar-refractivity contribution in [1.29, 1.82) is 0 Å². The SMILES string of the molecule is CCCCCCc1ccc(N=Cc2ccc(CCCCC)cc2)cc1. The highest BCUT2D eigenvalue weighted by molar-refractivity contribution is 5.81. The summed E-state index contributed by atoms with van der Waals surface area (Å²) >= 11 is 0. The average molecular weight is 336 g/mol. The van der Waals surface area contributed by atoms with Gasteiger partial charge in [-0.25, -0.2) is 0 Å². The molecule has 134 valence electrons. The van der Waals surface area contributed by atoms with E-state index in [2.05, 4.69) is 67.4 Å². The number of unbranched alkanes of at least 4 members (excludes halogenated alkanes) is 5. The van der Waals surface area contributed by atoms with Crippen LogP contribution in [0.15, 0.2) is 53.5 Å². The molecule has 0 bridgehead atoms. The zero-order chi connectivity index (χ0) is 17.7. The second-order valence-electron chi connectivity index (χ2n) is 6.93. The summed E-state index contributed by atoms with van der Waals surface area (Å²) in [5.74, 6) is 0. The maximum absolute atomic E-state index is 4.61. The molecule has 0 spiro atoms. The Morgan fingerprint density at radius 1 is 0.640 bits per heavy atom. The van der Waals surface area contributed by atoms with E-state index in [1.807, 2.05) is 6.21 Å². The molecule has 0 radical (unpaired) electrons. The first-order valence-electron chi connectivity index (χ1n) is 10.0. The molecule has 25 heavy (non-hydrogen) atoms. The summed E-state index contributed by atoms with van der Waals surface area (Å²) in [7, 11) is 0. The van der Waals surface area contributed by atoms with Crippen LogP contribution in [-0.4, -0.2) is 6.21 Å². The van der Waals surface area contributed by atoms with Crippen molar-refractivity contribution < 1.29 is 0 Å². The van der Waals surface area contributed by atoms with E-state index in [1.54, 1.807) is 0 Å². The molecule has 0 atom stereocenters. The Bertz CT molecular complexity index is 608. The third kappa shape index (κ3) is 7.69. The fourth-order valence-electron chi connectivity index (χ4n) is 3.00. The lowest BCUT2D eigenvalue weighted by Crippen LogP contribution is -1.87. The predicted octanol–water partition coefficient (Wildman–Crippen LogP) is 7.29. The standard InChI is InChI=1S/C24H33N/c1-3-5-7-9-11-22-16-18-24(19-17-22)25-20-23-14-12-21(13-15-23)10-8-6-4-2/h12-20H,3-11H2,1-2H3. The molecule has 0 aliphatic heterocycles. The molecule has 1 heteroatoms. The monoisotopic (exact) mass is 335 g/mol. The van der Waals surface area contributed by atoms with E-state index in [0.29, 0.717) is 0 Å². The maximum atomic E-state index is 4.61. The number of rotatable bonds is 11. The number of nitrogens with zero attached hydrogens (tertiary/aromatic N) is 1. The topological polar surface area (TPSA) is 12.4 Å². The third-order valence-electron chi connectivity index (χ3n) is 4.67. The number of aryl methyl sites for hydroxylation is 2. The average Bonchev–Trinajstić information content (AvgIpc) is 2.66. The Labute approximate surface area is 154 Å². The molecular weight excluding hydrogens is 302 g/mol. The molecule has 0 N–H and O–H groups in total. The molecule has 2 rings (SSSR count). The van der Waals surface area contributed by atoms with Crippen molar-refractivity contribution in [3.8, 4) is 0 Å². The molecule has 0 saturated heterocycles. The van der Waals surface area contributed by atoms with Crippen LogP contribution in [0.4, 0.5) is 5.69 Å². The van der Waals surface area contributed by atoms with E-state index in [-0.39, 0.29) is 0 Å². The summed E-state index contributed by atoms with van der Waals surface area (Å²) in [4.78, 5) is 4.61. The highest BCUT2D eigenvalue weighted by atomic mass is 14.7. The Morgan fingerprint density at radius 2 is 1.16 bits per heavy atom. The van der Waals surface area contributed by atoms with Crippen LogP contribution in [0.5, 0.6) is 0 Å². The molecule has 1 nitrogen and oxygen atoms in total. The molecule has 0 amide bonds. The molecule has 2 aromatic carbocycles. The first-order valence-corrected chi connectivity index (χ1v) is 10.0. The third-order valence-corrected chi connectivity index (χ3v) is 4.67. The van der Waals surface area contributed by atoms with Crippen molar-refractivity contribution in [2.75, 3.05) is 0 Å². The lowest BCUT2D eigenvalue weighted by molar-refractivity contribution is 0.667. The van der Waals surface area contributed by atoms with Gasteiger partial charge in [0.1, 0.15) is 0 Å². The summed E-state index contributed by atoms with van der Waals surface area (Å²) < 4.78 is 0. The zero-order valence-corrected chi connectivity index (χ0v) is 16.0. The Balaban J connectivity index is 1.82. The smallest absolute Gasteiger partial charge is 0.0630 e. The summed E-state index contributed by atoms with van der Waals surface area (Å²) in [6, 6.07) is 17.5. The van der Waals surface area contributed by atoms with E-state index >= 15 is 0 Å². The largest absolute Gasteiger partial charge is 0.256 e. The van der Waals surface area contributed by atoms with Crippen LogP contribution in [0.1, 0.15) is 75.5 Å². The van der Waals surface area contributed by atoms with Gasteiger partial charge in [-0.05, 0) is 54.5 Å². The Kier molecular flexibility index (Phi) is 9.04. The van der Waals surface area contributed by atoms with Crippen LogP contribution >= 0.6 is 0 Å². The normalized spacial score (nSPS) is 11.3. The van der Waals surface area contributed by atoms with Crippen molar-refractivity contribution in [3.63, 3.8) is 0 Å². The second-order valence-corrected chi connectivity index (χ2v) is 6.93. The highest BCUT2D eigenvalue weighted by Gasteiger charge is 1.96.